The Morgan fingerprint density at radius 1 is 1.00 bits per heavy atom. The molecule has 0 unspecified atom stereocenters. The summed E-state index contributed by atoms with van der Waals surface area (Å²) < 4.78 is 24.3. The van der Waals surface area contributed by atoms with Gasteiger partial charge in [-0.05, 0) is 36.2 Å². The summed E-state index contributed by atoms with van der Waals surface area (Å²) in [7, 11) is 3.29. The van der Waals surface area contributed by atoms with Crippen molar-refractivity contribution < 1.29 is 28.5 Å². The van der Waals surface area contributed by atoms with Gasteiger partial charge in [0.2, 0.25) is 0 Å². The summed E-state index contributed by atoms with van der Waals surface area (Å²) in [4.78, 5) is 15.0. The van der Waals surface area contributed by atoms with Gasteiger partial charge in [-0.25, -0.2) is 4.39 Å². The monoisotopic (exact) mass is 417 g/mol. The molecule has 1 amide bonds. The molecule has 0 spiro atoms. The normalized spacial score (nSPS) is 18.6. The van der Waals surface area contributed by atoms with E-state index in [4.69, 9.17) is 9.47 Å². The van der Waals surface area contributed by atoms with Crippen molar-refractivity contribution in [3.8, 4) is 11.5 Å². The van der Waals surface area contributed by atoms with E-state index in [1.165, 1.54) is 21.4 Å². The molecular formula is C23H32FN3O3+2. The lowest BCUT2D eigenvalue weighted by Gasteiger charge is -2.29. The number of halogens is 1. The Bertz CT molecular complexity index is 838. The number of nitrogens with one attached hydrogen (secondary N) is 3. The fourth-order valence-electron chi connectivity index (χ4n) is 3.92. The highest BCUT2D eigenvalue weighted by Crippen LogP contribution is 2.27. The second kappa shape index (κ2) is 10.9. The van der Waals surface area contributed by atoms with Crippen LogP contribution in [-0.4, -0.2) is 59.4 Å². The first kappa shape index (κ1) is 22.1. The molecule has 0 radical (unpaired) electrons. The van der Waals surface area contributed by atoms with Gasteiger partial charge in [-0.3, -0.25) is 4.79 Å². The van der Waals surface area contributed by atoms with Crippen molar-refractivity contribution in [1.29, 1.82) is 0 Å². The fourth-order valence-corrected chi connectivity index (χ4v) is 3.92. The number of methoxy groups -OCH3 is 2. The standard InChI is InChI=1S/C23H30FN3O3/c1-29-21-8-7-18(15-22(21)30-2)16-26-11-13-27(14-12-26)17-23(28)25-10-9-19-5-3-4-6-20(19)24/h3-8,15H,9-14,16-17H2,1-2H3,(H,25,28)/p+2. The molecule has 2 aromatic rings. The van der Waals surface area contributed by atoms with Crippen LogP contribution in [-0.2, 0) is 17.8 Å². The number of quaternary nitrogens is 2. The topological polar surface area (TPSA) is 56.4 Å². The van der Waals surface area contributed by atoms with Crippen LogP contribution in [0.3, 0.4) is 0 Å². The maximum absolute atomic E-state index is 13.6. The molecule has 162 valence electrons. The van der Waals surface area contributed by atoms with Crippen LogP contribution < -0.4 is 24.6 Å². The Morgan fingerprint density at radius 2 is 1.70 bits per heavy atom. The minimum absolute atomic E-state index is 0.0321. The Morgan fingerprint density at radius 3 is 2.40 bits per heavy atom. The second-order valence-electron chi connectivity index (χ2n) is 7.73. The predicted octanol–water partition coefficient (Wildman–Crippen LogP) is -0.515. The third-order valence-electron chi connectivity index (χ3n) is 5.65. The maximum Gasteiger partial charge on any atom is 0.275 e. The Kier molecular flexibility index (Phi) is 8.04. The van der Waals surface area contributed by atoms with E-state index in [1.54, 1.807) is 26.4 Å². The van der Waals surface area contributed by atoms with Crippen LogP contribution in [0.15, 0.2) is 42.5 Å². The average Bonchev–Trinajstić information content (AvgIpc) is 2.76. The summed E-state index contributed by atoms with van der Waals surface area (Å²) in [6.45, 7) is 5.83. The van der Waals surface area contributed by atoms with Gasteiger partial charge in [-0.15, -0.1) is 0 Å². The van der Waals surface area contributed by atoms with Crippen molar-refractivity contribution in [1.82, 2.24) is 5.32 Å². The quantitative estimate of drug-likeness (QED) is 0.515. The van der Waals surface area contributed by atoms with Crippen LogP contribution in [0.1, 0.15) is 11.1 Å². The van der Waals surface area contributed by atoms with Crippen molar-refractivity contribution in [2.75, 3.05) is 53.5 Å². The summed E-state index contributed by atoms with van der Waals surface area (Å²) in [6, 6.07) is 12.8. The van der Waals surface area contributed by atoms with Crippen LogP contribution in [0.4, 0.5) is 4.39 Å². The number of amides is 1. The van der Waals surface area contributed by atoms with Gasteiger partial charge in [-0.2, -0.15) is 0 Å². The van der Waals surface area contributed by atoms with Crippen molar-refractivity contribution in [3.05, 3.63) is 59.4 Å². The van der Waals surface area contributed by atoms with Crippen molar-refractivity contribution in [3.63, 3.8) is 0 Å². The third kappa shape index (κ3) is 6.18. The highest BCUT2D eigenvalue weighted by Gasteiger charge is 2.25. The van der Waals surface area contributed by atoms with E-state index in [0.29, 0.717) is 25.1 Å². The second-order valence-corrected chi connectivity index (χ2v) is 7.73. The first-order valence-electron chi connectivity index (χ1n) is 10.5. The van der Waals surface area contributed by atoms with E-state index in [2.05, 4.69) is 11.4 Å². The van der Waals surface area contributed by atoms with E-state index in [-0.39, 0.29) is 11.7 Å². The molecule has 3 N–H and O–H groups in total. The van der Waals surface area contributed by atoms with Gasteiger partial charge in [0.1, 0.15) is 38.5 Å². The SMILES string of the molecule is COc1ccc(C[NH+]2CC[NH+](CC(=O)NCCc3ccccc3F)CC2)cc1OC. The molecule has 0 bridgehead atoms. The minimum atomic E-state index is -0.217. The zero-order valence-corrected chi connectivity index (χ0v) is 17.8. The maximum atomic E-state index is 13.6. The van der Waals surface area contributed by atoms with Crippen LogP contribution >= 0.6 is 0 Å². The lowest BCUT2D eigenvalue weighted by atomic mass is 10.1. The minimum Gasteiger partial charge on any atom is -0.493 e. The molecule has 1 aliphatic heterocycles. The van der Waals surface area contributed by atoms with Gasteiger partial charge in [0.05, 0.1) is 14.2 Å². The van der Waals surface area contributed by atoms with Gasteiger partial charge < -0.3 is 24.6 Å². The number of rotatable bonds is 9. The van der Waals surface area contributed by atoms with E-state index in [9.17, 15) is 9.18 Å². The third-order valence-corrected chi connectivity index (χ3v) is 5.65. The van der Waals surface area contributed by atoms with E-state index in [0.717, 1.165) is 44.2 Å². The molecule has 1 saturated heterocycles. The van der Waals surface area contributed by atoms with Crippen LogP contribution in [0, 0.1) is 5.82 Å². The van der Waals surface area contributed by atoms with E-state index >= 15 is 0 Å². The zero-order valence-electron chi connectivity index (χ0n) is 17.8. The molecule has 0 aromatic heterocycles. The van der Waals surface area contributed by atoms with Crippen LogP contribution in [0.2, 0.25) is 0 Å². The van der Waals surface area contributed by atoms with Gasteiger partial charge in [0, 0.05) is 12.1 Å². The van der Waals surface area contributed by atoms with Crippen molar-refractivity contribution >= 4 is 5.91 Å². The van der Waals surface area contributed by atoms with Gasteiger partial charge in [0.25, 0.3) is 5.91 Å². The van der Waals surface area contributed by atoms with Crippen molar-refractivity contribution in [2.24, 2.45) is 0 Å². The summed E-state index contributed by atoms with van der Waals surface area (Å²) in [5.41, 5.74) is 1.86. The lowest BCUT2D eigenvalue weighted by molar-refractivity contribution is -1.02. The zero-order chi connectivity index (χ0) is 21.3. The summed E-state index contributed by atoms with van der Waals surface area (Å²) in [5, 5.41) is 2.92. The lowest BCUT2D eigenvalue weighted by Crippen LogP contribution is -3.28. The Labute approximate surface area is 177 Å². The molecular weight excluding hydrogens is 385 g/mol. The average molecular weight is 418 g/mol. The number of hydrogen-bond acceptors (Lipinski definition) is 3. The molecule has 0 atom stereocenters. The first-order chi connectivity index (χ1) is 14.6. The molecule has 0 saturated carbocycles. The molecule has 30 heavy (non-hydrogen) atoms. The smallest absolute Gasteiger partial charge is 0.275 e. The summed E-state index contributed by atoms with van der Waals surface area (Å²) in [5.74, 6) is 1.31. The molecule has 1 fully saturated rings. The highest BCUT2D eigenvalue weighted by atomic mass is 19.1. The van der Waals surface area contributed by atoms with Crippen molar-refractivity contribution in [2.45, 2.75) is 13.0 Å². The largest absolute Gasteiger partial charge is 0.493 e. The molecule has 1 heterocycles. The Balaban J connectivity index is 1.38. The number of hydrogen-bond donors (Lipinski definition) is 3. The molecule has 0 aliphatic carbocycles. The summed E-state index contributed by atoms with van der Waals surface area (Å²) in [6.07, 6.45) is 0.511. The van der Waals surface area contributed by atoms with E-state index in [1.807, 2.05) is 18.2 Å². The highest BCUT2D eigenvalue weighted by molar-refractivity contribution is 5.76. The number of carbonyl (C=O) groups is 1. The number of benzene rings is 2. The number of carbonyl (C=O) groups excluding carboxylic acids is 1. The number of piperazine rings is 1. The molecule has 1 aliphatic rings. The van der Waals surface area contributed by atoms with Gasteiger partial charge >= 0.3 is 0 Å². The van der Waals surface area contributed by atoms with Crippen LogP contribution in [0.5, 0.6) is 11.5 Å². The molecule has 3 rings (SSSR count). The molecule has 6 nitrogen and oxygen atoms in total. The van der Waals surface area contributed by atoms with Crippen LogP contribution in [0.25, 0.3) is 0 Å². The molecule has 7 heteroatoms. The predicted molar refractivity (Wildman–Crippen MR) is 113 cm³/mol. The number of ether oxygens (including phenoxy) is 2. The molecule has 2 aromatic carbocycles. The van der Waals surface area contributed by atoms with Gasteiger partial charge in [-0.1, -0.05) is 18.2 Å². The van der Waals surface area contributed by atoms with Gasteiger partial charge in [0.15, 0.2) is 18.0 Å². The first-order valence-corrected chi connectivity index (χ1v) is 10.5. The van der Waals surface area contributed by atoms with E-state index < -0.39 is 0 Å². The summed E-state index contributed by atoms with van der Waals surface area (Å²) >= 11 is 0. The fraction of sp³-hybridized carbons (Fsp3) is 0.435. The Hall–Kier alpha value is -2.64.